The van der Waals surface area contributed by atoms with E-state index in [1.165, 1.54) is 5.56 Å². The van der Waals surface area contributed by atoms with Crippen molar-refractivity contribution in [1.29, 1.82) is 0 Å². The van der Waals surface area contributed by atoms with Crippen molar-refractivity contribution in [2.24, 2.45) is 5.41 Å². The second-order valence-electron chi connectivity index (χ2n) is 5.91. The Morgan fingerprint density at radius 1 is 1.11 bits per heavy atom. The molecule has 0 unspecified atom stereocenters. The molecule has 0 spiro atoms. The van der Waals surface area contributed by atoms with Gasteiger partial charge in [-0.05, 0) is 37.0 Å². The summed E-state index contributed by atoms with van der Waals surface area (Å²) >= 11 is 0. The fourth-order valence-corrected chi connectivity index (χ4v) is 1.75. The van der Waals surface area contributed by atoms with E-state index in [4.69, 9.17) is 0 Å². The van der Waals surface area contributed by atoms with E-state index in [9.17, 15) is 0 Å². The van der Waals surface area contributed by atoms with Crippen LogP contribution in [-0.4, -0.2) is 22.5 Å². The van der Waals surface area contributed by atoms with Gasteiger partial charge >= 0.3 is 0 Å². The molecule has 0 aliphatic rings. The standard InChI is InChI=1S/C14H24N2.C2H6/c1-12(2)16(11-14(3,4)5)10-13-6-8-15-9-7-13;1-2/h6-9,12H,10-11H2,1-5H3;1-2H3. The highest BCUT2D eigenvalue weighted by molar-refractivity contribution is 5.09. The minimum Gasteiger partial charge on any atom is -0.296 e. The number of hydrogen-bond acceptors (Lipinski definition) is 2. The van der Waals surface area contributed by atoms with Crippen molar-refractivity contribution in [3.05, 3.63) is 30.1 Å². The maximum Gasteiger partial charge on any atom is 0.0271 e. The van der Waals surface area contributed by atoms with Gasteiger partial charge < -0.3 is 0 Å². The van der Waals surface area contributed by atoms with Gasteiger partial charge in [0.1, 0.15) is 0 Å². The number of rotatable bonds is 4. The lowest BCUT2D eigenvalue weighted by atomic mass is 9.95. The van der Waals surface area contributed by atoms with Crippen LogP contribution in [0.2, 0.25) is 0 Å². The third-order valence-electron chi connectivity index (χ3n) is 2.54. The predicted octanol–water partition coefficient (Wildman–Crippen LogP) is 4.36. The Balaban J connectivity index is 0.00000137. The van der Waals surface area contributed by atoms with Crippen molar-refractivity contribution in [3.63, 3.8) is 0 Å². The summed E-state index contributed by atoms with van der Waals surface area (Å²) in [5.74, 6) is 0. The first-order valence-electron chi connectivity index (χ1n) is 7.01. The van der Waals surface area contributed by atoms with E-state index in [1.807, 2.05) is 26.2 Å². The Labute approximate surface area is 113 Å². The van der Waals surface area contributed by atoms with Gasteiger partial charge in [-0.3, -0.25) is 9.88 Å². The van der Waals surface area contributed by atoms with Crippen LogP contribution in [0.5, 0.6) is 0 Å². The molecule has 1 aromatic heterocycles. The summed E-state index contributed by atoms with van der Waals surface area (Å²) in [5, 5.41) is 0. The zero-order chi connectivity index (χ0) is 14.2. The second kappa shape index (κ2) is 8.25. The van der Waals surface area contributed by atoms with E-state index in [0.29, 0.717) is 11.5 Å². The number of aromatic nitrogens is 1. The molecule has 0 N–H and O–H groups in total. The van der Waals surface area contributed by atoms with E-state index in [0.717, 1.165) is 13.1 Å². The fraction of sp³-hybridized carbons (Fsp3) is 0.688. The SMILES string of the molecule is CC.CC(C)N(Cc1ccncc1)CC(C)(C)C. The third kappa shape index (κ3) is 7.44. The maximum atomic E-state index is 4.05. The number of nitrogens with zero attached hydrogens (tertiary/aromatic N) is 2. The highest BCUT2D eigenvalue weighted by Crippen LogP contribution is 2.18. The molecule has 0 bridgehead atoms. The van der Waals surface area contributed by atoms with Crippen molar-refractivity contribution >= 4 is 0 Å². The van der Waals surface area contributed by atoms with Crippen LogP contribution < -0.4 is 0 Å². The summed E-state index contributed by atoms with van der Waals surface area (Å²) in [6, 6.07) is 4.77. The molecule has 0 radical (unpaired) electrons. The maximum absolute atomic E-state index is 4.05. The van der Waals surface area contributed by atoms with Gasteiger partial charge in [-0.1, -0.05) is 34.6 Å². The molecule has 0 saturated carbocycles. The van der Waals surface area contributed by atoms with Gasteiger partial charge in [0.2, 0.25) is 0 Å². The summed E-state index contributed by atoms with van der Waals surface area (Å²) < 4.78 is 0. The first-order chi connectivity index (χ1) is 8.38. The van der Waals surface area contributed by atoms with Gasteiger partial charge in [0.15, 0.2) is 0 Å². The topological polar surface area (TPSA) is 16.1 Å². The molecule has 104 valence electrons. The Morgan fingerprint density at radius 2 is 1.61 bits per heavy atom. The van der Waals surface area contributed by atoms with Gasteiger partial charge in [-0.2, -0.15) is 0 Å². The average Bonchev–Trinajstić information content (AvgIpc) is 2.30. The lowest BCUT2D eigenvalue weighted by molar-refractivity contribution is 0.147. The first kappa shape index (κ1) is 17.1. The van der Waals surface area contributed by atoms with Gasteiger partial charge in [0.05, 0.1) is 0 Å². The van der Waals surface area contributed by atoms with Crippen LogP contribution in [0.1, 0.15) is 54.0 Å². The highest BCUT2D eigenvalue weighted by atomic mass is 15.1. The van der Waals surface area contributed by atoms with E-state index < -0.39 is 0 Å². The zero-order valence-corrected chi connectivity index (χ0v) is 13.2. The van der Waals surface area contributed by atoms with Gasteiger partial charge in [0.25, 0.3) is 0 Å². The quantitative estimate of drug-likeness (QED) is 0.789. The van der Waals surface area contributed by atoms with E-state index in [-0.39, 0.29) is 0 Å². The molecule has 0 atom stereocenters. The van der Waals surface area contributed by atoms with Crippen molar-refractivity contribution in [2.75, 3.05) is 6.54 Å². The summed E-state index contributed by atoms with van der Waals surface area (Å²) in [7, 11) is 0. The molecule has 0 saturated heterocycles. The lowest BCUT2D eigenvalue weighted by Gasteiger charge is -2.33. The van der Waals surface area contributed by atoms with Crippen LogP contribution in [0.15, 0.2) is 24.5 Å². The molecule has 0 aromatic carbocycles. The molecule has 0 fully saturated rings. The first-order valence-corrected chi connectivity index (χ1v) is 7.01. The fourth-order valence-electron chi connectivity index (χ4n) is 1.75. The van der Waals surface area contributed by atoms with Gasteiger partial charge in [-0.25, -0.2) is 0 Å². The zero-order valence-electron chi connectivity index (χ0n) is 13.2. The monoisotopic (exact) mass is 250 g/mol. The Morgan fingerprint density at radius 3 is 2.00 bits per heavy atom. The second-order valence-corrected chi connectivity index (χ2v) is 5.91. The predicted molar refractivity (Wildman–Crippen MR) is 80.6 cm³/mol. The molecule has 1 heterocycles. The summed E-state index contributed by atoms with van der Waals surface area (Å²) in [6.07, 6.45) is 3.73. The van der Waals surface area contributed by atoms with Crippen molar-refractivity contribution in [3.8, 4) is 0 Å². The van der Waals surface area contributed by atoms with Gasteiger partial charge in [0, 0.05) is 31.5 Å². The van der Waals surface area contributed by atoms with Crippen LogP contribution in [0.4, 0.5) is 0 Å². The minimum absolute atomic E-state index is 0.345. The molecule has 2 nitrogen and oxygen atoms in total. The van der Waals surface area contributed by atoms with E-state index >= 15 is 0 Å². The lowest BCUT2D eigenvalue weighted by Crippen LogP contribution is -2.37. The minimum atomic E-state index is 0.345. The smallest absolute Gasteiger partial charge is 0.0271 e. The molecule has 18 heavy (non-hydrogen) atoms. The Hall–Kier alpha value is -0.890. The normalized spacial score (nSPS) is 11.4. The molecular weight excluding hydrogens is 220 g/mol. The van der Waals surface area contributed by atoms with Crippen LogP contribution in [-0.2, 0) is 6.54 Å². The number of hydrogen-bond donors (Lipinski definition) is 0. The molecule has 0 aliphatic heterocycles. The van der Waals surface area contributed by atoms with Crippen LogP contribution >= 0.6 is 0 Å². The Bertz CT molecular complexity index is 299. The summed E-state index contributed by atoms with van der Waals surface area (Å²) in [5.41, 5.74) is 1.69. The van der Waals surface area contributed by atoms with Crippen molar-refractivity contribution in [2.45, 2.75) is 61.1 Å². The molecule has 1 rings (SSSR count). The molecular formula is C16H30N2. The van der Waals surface area contributed by atoms with Gasteiger partial charge in [-0.15, -0.1) is 0 Å². The number of pyridine rings is 1. The molecule has 0 aliphatic carbocycles. The van der Waals surface area contributed by atoms with Crippen LogP contribution in [0, 0.1) is 5.41 Å². The average molecular weight is 250 g/mol. The van der Waals surface area contributed by atoms with Crippen molar-refractivity contribution < 1.29 is 0 Å². The van der Waals surface area contributed by atoms with E-state index in [1.54, 1.807) is 0 Å². The molecule has 2 heteroatoms. The van der Waals surface area contributed by atoms with Crippen LogP contribution in [0.25, 0.3) is 0 Å². The van der Waals surface area contributed by atoms with E-state index in [2.05, 4.69) is 56.6 Å². The highest BCUT2D eigenvalue weighted by Gasteiger charge is 2.18. The molecule has 1 aromatic rings. The summed E-state index contributed by atoms with van der Waals surface area (Å²) in [6.45, 7) is 17.5. The summed E-state index contributed by atoms with van der Waals surface area (Å²) in [4.78, 5) is 6.56. The Kier molecular flexibility index (Phi) is 7.85. The van der Waals surface area contributed by atoms with Crippen molar-refractivity contribution in [1.82, 2.24) is 9.88 Å². The third-order valence-corrected chi connectivity index (χ3v) is 2.54. The largest absolute Gasteiger partial charge is 0.296 e. The van der Waals surface area contributed by atoms with Crippen LogP contribution in [0.3, 0.4) is 0 Å². The molecule has 0 amide bonds.